The van der Waals surface area contributed by atoms with E-state index in [0.717, 1.165) is 16.7 Å². The number of carbonyl (C=O) groups is 1. The molecule has 0 radical (unpaired) electrons. The van der Waals surface area contributed by atoms with Crippen molar-refractivity contribution in [3.63, 3.8) is 0 Å². The molecule has 0 bridgehead atoms. The minimum absolute atomic E-state index is 0.180. The summed E-state index contributed by atoms with van der Waals surface area (Å²) in [6.07, 6.45) is 0. The quantitative estimate of drug-likeness (QED) is 0.732. The minimum atomic E-state index is -0.441. The molecule has 0 heterocycles. The Balaban J connectivity index is 2.59. The fourth-order valence-corrected chi connectivity index (χ4v) is 2.32. The molecule has 0 aliphatic carbocycles. The number of ketones is 1. The molecule has 0 atom stereocenters. The summed E-state index contributed by atoms with van der Waals surface area (Å²) in [4.78, 5) is 12.5. The van der Waals surface area contributed by atoms with E-state index in [1.54, 1.807) is 6.92 Å². The van der Waals surface area contributed by atoms with E-state index in [9.17, 15) is 9.18 Å². The Morgan fingerprint density at radius 2 is 1.58 bits per heavy atom. The molecule has 0 spiro atoms. The maximum Gasteiger partial charge on any atom is 0.196 e. The largest absolute Gasteiger partial charge is 0.288 e. The highest BCUT2D eigenvalue weighted by Crippen LogP contribution is 2.22. The van der Waals surface area contributed by atoms with Crippen LogP contribution in [0.4, 0.5) is 4.39 Å². The Morgan fingerprint density at radius 3 is 2.21 bits per heavy atom. The van der Waals surface area contributed by atoms with E-state index in [1.165, 1.54) is 6.07 Å². The standard InChI is InChI=1S/C17H17FO/c1-10-5-6-12(3)14(8-10)17(19)16-13(4)7-11(2)9-15(16)18/h5-9H,1-4H3. The van der Waals surface area contributed by atoms with Gasteiger partial charge in [0.1, 0.15) is 5.82 Å². The molecular formula is C17H17FO. The normalized spacial score (nSPS) is 10.6. The van der Waals surface area contributed by atoms with E-state index in [-0.39, 0.29) is 11.3 Å². The van der Waals surface area contributed by atoms with Crippen LogP contribution in [0, 0.1) is 33.5 Å². The van der Waals surface area contributed by atoms with Crippen LogP contribution in [0.5, 0.6) is 0 Å². The molecule has 2 aromatic carbocycles. The SMILES string of the molecule is Cc1cc(C)c(C(=O)c2cc(C)ccc2C)c(F)c1. The lowest BCUT2D eigenvalue weighted by Gasteiger charge is -2.10. The van der Waals surface area contributed by atoms with Crippen LogP contribution in [0.25, 0.3) is 0 Å². The Kier molecular flexibility index (Phi) is 3.52. The van der Waals surface area contributed by atoms with Crippen molar-refractivity contribution in [2.45, 2.75) is 27.7 Å². The van der Waals surface area contributed by atoms with Crippen molar-refractivity contribution in [3.05, 3.63) is 69.5 Å². The van der Waals surface area contributed by atoms with Gasteiger partial charge in [-0.05, 0) is 56.5 Å². The molecule has 0 amide bonds. The zero-order chi connectivity index (χ0) is 14.2. The van der Waals surface area contributed by atoms with Gasteiger partial charge in [0.25, 0.3) is 0 Å². The van der Waals surface area contributed by atoms with Crippen LogP contribution in [0.15, 0.2) is 30.3 Å². The molecule has 2 heteroatoms. The zero-order valence-corrected chi connectivity index (χ0v) is 11.7. The molecule has 0 saturated heterocycles. The average molecular weight is 256 g/mol. The van der Waals surface area contributed by atoms with Crippen molar-refractivity contribution in [1.29, 1.82) is 0 Å². The number of aryl methyl sites for hydroxylation is 4. The smallest absolute Gasteiger partial charge is 0.196 e. The van der Waals surface area contributed by atoms with Gasteiger partial charge in [-0.3, -0.25) is 4.79 Å². The predicted octanol–water partition coefficient (Wildman–Crippen LogP) is 4.29. The molecule has 0 saturated carbocycles. The third-order valence-electron chi connectivity index (χ3n) is 3.30. The topological polar surface area (TPSA) is 17.1 Å². The second-order valence-electron chi connectivity index (χ2n) is 5.09. The van der Waals surface area contributed by atoms with Crippen molar-refractivity contribution in [2.24, 2.45) is 0 Å². The van der Waals surface area contributed by atoms with E-state index >= 15 is 0 Å². The lowest BCUT2D eigenvalue weighted by Crippen LogP contribution is -2.09. The van der Waals surface area contributed by atoms with Gasteiger partial charge < -0.3 is 0 Å². The molecule has 0 N–H and O–H groups in total. The highest BCUT2D eigenvalue weighted by atomic mass is 19.1. The van der Waals surface area contributed by atoms with E-state index < -0.39 is 5.82 Å². The summed E-state index contributed by atoms with van der Waals surface area (Å²) in [7, 11) is 0. The molecule has 0 aromatic heterocycles. The summed E-state index contributed by atoms with van der Waals surface area (Å²) >= 11 is 0. The molecule has 2 rings (SSSR count). The van der Waals surface area contributed by atoms with Gasteiger partial charge in [-0.15, -0.1) is 0 Å². The molecule has 0 aliphatic rings. The number of hydrogen-bond acceptors (Lipinski definition) is 1. The van der Waals surface area contributed by atoms with Crippen molar-refractivity contribution < 1.29 is 9.18 Å². The van der Waals surface area contributed by atoms with E-state index in [2.05, 4.69) is 0 Å². The molecule has 2 aromatic rings. The van der Waals surface area contributed by atoms with Gasteiger partial charge in [0.2, 0.25) is 0 Å². The van der Waals surface area contributed by atoms with Crippen molar-refractivity contribution in [3.8, 4) is 0 Å². The highest BCUT2D eigenvalue weighted by molar-refractivity contribution is 6.11. The van der Waals surface area contributed by atoms with E-state index in [4.69, 9.17) is 0 Å². The zero-order valence-electron chi connectivity index (χ0n) is 11.7. The van der Waals surface area contributed by atoms with Gasteiger partial charge in [0.15, 0.2) is 5.78 Å². The Hall–Kier alpha value is -1.96. The van der Waals surface area contributed by atoms with Crippen LogP contribution < -0.4 is 0 Å². The first kappa shape index (κ1) is 13.5. The number of halogens is 1. The van der Waals surface area contributed by atoms with Gasteiger partial charge >= 0.3 is 0 Å². The maximum absolute atomic E-state index is 14.1. The molecule has 19 heavy (non-hydrogen) atoms. The first-order chi connectivity index (χ1) is 8.90. The van der Waals surface area contributed by atoms with E-state index in [0.29, 0.717) is 11.1 Å². The van der Waals surface area contributed by atoms with Crippen molar-refractivity contribution in [2.75, 3.05) is 0 Å². The fraction of sp³-hybridized carbons (Fsp3) is 0.235. The number of carbonyl (C=O) groups excluding carboxylic acids is 1. The van der Waals surface area contributed by atoms with Crippen molar-refractivity contribution >= 4 is 5.78 Å². The van der Waals surface area contributed by atoms with Gasteiger partial charge in [-0.25, -0.2) is 4.39 Å². The predicted molar refractivity (Wildman–Crippen MR) is 75.2 cm³/mol. The van der Waals surface area contributed by atoms with Gasteiger partial charge in [-0.2, -0.15) is 0 Å². The fourth-order valence-electron chi connectivity index (χ4n) is 2.32. The van der Waals surface area contributed by atoms with Crippen LogP contribution in [-0.2, 0) is 0 Å². The van der Waals surface area contributed by atoms with Gasteiger partial charge in [-0.1, -0.05) is 23.8 Å². The number of benzene rings is 2. The monoisotopic (exact) mass is 256 g/mol. The average Bonchev–Trinajstić information content (AvgIpc) is 2.30. The Bertz CT molecular complexity index is 633. The number of hydrogen-bond donors (Lipinski definition) is 0. The lowest BCUT2D eigenvalue weighted by atomic mass is 9.93. The third-order valence-corrected chi connectivity index (χ3v) is 3.30. The molecule has 0 unspecified atom stereocenters. The van der Waals surface area contributed by atoms with Crippen LogP contribution in [0.3, 0.4) is 0 Å². The summed E-state index contributed by atoms with van der Waals surface area (Å²) < 4.78 is 14.1. The lowest BCUT2D eigenvalue weighted by molar-refractivity contribution is 0.103. The second-order valence-corrected chi connectivity index (χ2v) is 5.09. The molecule has 0 aliphatic heterocycles. The van der Waals surface area contributed by atoms with E-state index in [1.807, 2.05) is 45.0 Å². The van der Waals surface area contributed by atoms with Crippen LogP contribution in [-0.4, -0.2) is 5.78 Å². The first-order valence-electron chi connectivity index (χ1n) is 6.29. The van der Waals surface area contributed by atoms with Crippen LogP contribution >= 0.6 is 0 Å². The third kappa shape index (κ3) is 2.58. The summed E-state index contributed by atoms with van der Waals surface area (Å²) in [6, 6.07) is 8.90. The highest BCUT2D eigenvalue weighted by Gasteiger charge is 2.18. The second kappa shape index (κ2) is 4.96. The molecule has 98 valence electrons. The summed E-state index contributed by atoms with van der Waals surface area (Å²) in [5, 5.41) is 0. The minimum Gasteiger partial charge on any atom is -0.288 e. The molecule has 0 fully saturated rings. The van der Waals surface area contributed by atoms with Crippen molar-refractivity contribution in [1.82, 2.24) is 0 Å². The number of rotatable bonds is 2. The first-order valence-corrected chi connectivity index (χ1v) is 6.29. The maximum atomic E-state index is 14.1. The Labute approximate surface area is 113 Å². The molecular weight excluding hydrogens is 239 g/mol. The van der Waals surface area contributed by atoms with Crippen LogP contribution in [0.2, 0.25) is 0 Å². The summed E-state index contributed by atoms with van der Waals surface area (Å²) in [5.41, 5.74) is 4.13. The molecule has 1 nitrogen and oxygen atoms in total. The van der Waals surface area contributed by atoms with Gasteiger partial charge in [0.05, 0.1) is 5.56 Å². The summed E-state index contributed by atoms with van der Waals surface area (Å²) in [5.74, 6) is -0.681. The summed E-state index contributed by atoms with van der Waals surface area (Å²) in [6.45, 7) is 7.39. The Morgan fingerprint density at radius 1 is 0.895 bits per heavy atom. The van der Waals surface area contributed by atoms with Crippen LogP contribution in [0.1, 0.15) is 38.2 Å². The van der Waals surface area contributed by atoms with Gasteiger partial charge in [0, 0.05) is 5.56 Å².